The van der Waals surface area contributed by atoms with Gasteiger partial charge in [0.25, 0.3) is 5.91 Å². The quantitative estimate of drug-likeness (QED) is 0.361. The molecule has 40 heavy (non-hydrogen) atoms. The van der Waals surface area contributed by atoms with Gasteiger partial charge in [-0.2, -0.15) is 0 Å². The summed E-state index contributed by atoms with van der Waals surface area (Å²) in [6, 6.07) is 5.43. The lowest BCUT2D eigenvalue weighted by molar-refractivity contribution is -0.148. The molecule has 3 aliphatic heterocycles. The first-order valence-electron chi connectivity index (χ1n) is 14.4. The third kappa shape index (κ3) is 4.88. The Bertz CT molecular complexity index is 1140. The van der Waals surface area contributed by atoms with Crippen LogP contribution in [0.2, 0.25) is 5.02 Å². The molecule has 8 nitrogen and oxygen atoms in total. The van der Waals surface area contributed by atoms with Gasteiger partial charge in [0.15, 0.2) is 0 Å². The van der Waals surface area contributed by atoms with E-state index < -0.39 is 35.6 Å². The molecule has 3 saturated heterocycles. The molecule has 4 rings (SSSR count). The number of aliphatic hydroxyl groups is 1. The number of fused-ring (bicyclic) bond motifs is 1. The maximum atomic E-state index is 14.7. The summed E-state index contributed by atoms with van der Waals surface area (Å²) in [6.45, 7) is 14.4. The van der Waals surface area contributed by atoms with Crippen LogP contribution in [0.15, 0.2) is 49.6 Å². The zero-order valence-electron chi connectivity index (χ0n) is 23.8. The summed E-state index contributed by atoms with van der Waals surface area (Å²) in [6.07, 6.45) is 5.37. The molecule has 3 aliphatic rings. The van der Waals surface area contributed by atoms with Crippen molar-refractivity contribution in [2.45, 2.75) is 70.2 Å². The van der Waals surface area contributed by atoms with Gasteiger partial charge in [-0.15, -0.1) is 13.2 Å². The Hall–Kier alpha value is -2.68. The van der Waals surface area contributed by atoms with Gasteiger partial charge in [0.05, 0.1) is 41.3 Å². The van der Waals surface area contributed by atoms with Gasteiger partial charge in [0.2, 0.25) is 11.8 Å². The first kappa shape index (κ1) is 30.3. The van der Waals surface area contributed by atoms with E-state index in [-0.39, 0.29) is 36.8 Å². The molecule has 1 N–H and O–H groups in total. The maximum Gasteiger partial charge on any atom is 0.253 e. The molecule has 3 amide bonds. The number of anilines is 1. The van der Waals surface area contributed by atoms with Crippen LogP contribution in [-0.2, 0) is 19.1 Å². The first-order valence-corrected chi connectivity index (χ1v) is 14.8. The van der Waals surface area contributed by atoms with E-state index >= 15 is 0 Å². The lowest BCUT2D eigenvalue weighted by atomic mass is 9.70. The number of nitrogens with zero attached hydrogens (tertiary/aromatic N) is 3. The Balaban J connectivity index is 1.84. The fourth-order valence-electron chi connectivity index (χ4n) is 7.01. The summed E-state index contributed by atoms with van der Waals surface area (Å²) in [5, 5.41) is 11.0. The number of rotatable bonds is 13. The van der Waals surface area contributed by atoms with Crippen LogP contribution in [-0.4, -0.2) is 82.7 Å². The van der Waals surface area contributed by atoms with Crippen molar-refractivity contribution < 1.29 is 24.2 Å². The number of amides is 3. The van der Waals surface area contributed by atoms with Crippen LogP contribution in [0.4, 0.5) is 5.69 Å². The van der Waals surface area contributed by atoms with Crippen molar-refractivity contribution in [3.8, 4) is 0 Å². The van der Waals surface area contributed by atoms with Crippen LogP contribution in [0.25, 0.3) is 0 Å². The van der Waals surface area contributed by atoms with Gasteiger partial charge in [-0.25, -0.2) is 0 Å². The molecule has 3 heterocycles. The van der Waals surface area contributed by atoms with Crippen LogP contribution in [0.3, 0.4) is 0 Å². The predicted octanol–water partition coefficient (Wildman–Crippen LogP) is 4.07. The van der Waals surface area contributed by atoms with E-state index in [2.05, 4.69) is 13.2 Å². The van der Waals surface area contributed by atoms with Crippen LogP contribution < -0.4 is 4.90 Å². The van der Waals surface area contributed by atoms with Gasteiger partial charge in [0.1, 0.15) is 11.6 Å². The minimum absolute atomic E-state index is 0.0867. The molecule has 2 unspecified atom stereocenters. The summed E-state index contributed by atoms with van der Waals surface area (Å²) in [7, 11) is 0. The van der Waals surface area contributed by atoms with Crippen molar-refractivity contribution in [3.63, 3.8) is 0 Å². The zero-order chi connectivity index (χ0) is 29.2. The van der Waals surface area contributed by atoms with Crippen LogP contribution in [0, 0.1) is 17.8 Å². The van der Waals surface area contributed by atoms with E-state index in [0.717, 1.165) is 6.42 Å². The number of hydrogen-bond donors (Lipinski definition) is 1. The summed E-state index contributed by atoms with van der Waals surface area (Å²) < 4.78 is 6.64. The number of likely N-dealkylation sites (tertiary alicyclic amines) is 1. The lowest BCUT2D eigenvalue weighted by Gasteiger charge is -2.41. The SMILES string of the molecule is C=CCN(CCC)C(=O)[C@@H]1[C@H]2C(=O)N([C@@H](CO)[C@@H](C)CC)C(C(=O)N(CC=C)c3ccccc3Cl)C23CC[C@H]1O3. The summed E-state index contributed by atoms with van der Waals surface area (Å²) >= 11 is 6.54. The molecule has 3 fully saturated rings. The van der Waals surface area contributed by atoms with E-state index in [9.17, 15) is 19.5 Å². The Morgan fingerprint density at radius 1 is 1.23 bits per heavy atom. The fraction of sp³-hybridized carbons (Fsp3) is 0.581. The van der Waals surface area contributed by atoms with E-state index in [1.807, 2.05) is 20.8 Å². The molecule has 1 aromatic carbocycles. The predicted molar refractivity (Wildman–Crippen MR) is 156 cm³/mol. The second-order valence-electron chi connectivity index (χ2n) is 11.2. The highest BCUT2D eigenvalue weighted by atomic mass is 35.5. The average molecular weight is 572 g/mol. The molecule has 0 aromatic heterocycles. The highest BCUT2D eigenvalue weighted by molar-refractivity contribution is 6.34. The van der Waals surface area contributed by atoms with Crippen molar-refractivity contribution in [3.05, 3.63) is 54.6 Å². The average Bonchev–Trinajstić information content (AvgIpc) is 3.59. The highest BCUT2D eigenvalue weighted by Gasteiger charge is 2.75. The van der Waals surface area contributed by atoms with Crippen molar-refractivity contribution >= 4 is 35.0 Å². The smallest absolute Gasteiger partial charge is 0.253 e. The Labute approximate surface area is 242 Å². The molecule has 218 valence electrons. The second kappa shape index (κ2) is 12.5. The number of para-hydroxylation sites is 1. The number of carbonyl (C=O) groups excluding carboxylic acids is 3. The lowest BCUT2D eigenvalue weighted by Crippen LogP contribution is -2.60. The third-order valence-corrected chi connectivity index (χ3v) is 9.30. The highest BCUT2D eigenvalue weighted by Crippen LogP contribution is 2.59. The van der Waals surface area contributed by atoms with Gasteiger partial charge in [0, 0.05) is 19.6 Å². The normalized spacial score (nSPS) is 28.2. The molecule has 1 aromatic rings. The Kier molecular flexibility index (Phi) is 9.43. The van der Waals surface area contributed by atoms with Crippen LogP contribution >= 0.6 is 11.6 Å². The topological polar surface area (TPSA) is 90.4 Å². The maximum absolute atomic E-state index is 14.7. The first-order chi connectivity index (χ1) is 19.2. The zero-order valence-corrected chi connectivity index (χ0v) is 24.6. The standard InChI is InChI=1S/C31H42ClN3O5/c1-6-16-33(17-7-2)28(37)25-24-14-15-31(40-24)26(25)29(38)35(23(19-36)20(5)9-4)27(31)30(39)34(18-8-3)22-13-11-10-12-21(22)32/h6,8,10-13,20,23-27,36H,1,3,7,9,14-19H2,2,4-5H3/t20-,23-,24+,25-,26-,27?,31?/m0/s1. The van der Waals surface area contributed by atoms with E-state index in [4.69, 9.17) is 16.3 Å². The molecule has 9 heteroatoms. The molecule has 0 radical (unpaired) electrons. The van der Waals surface area contributed by atoms with Gasteiger partial charge in [-0.1, -0.05) is 63.1 Å². The van der Waals surface area contributed by atoms with Gasteiger partial charge in [-0.3, -0.25) is 14.4 Å². The van der Waals surface area contributed by atoms with Crippen molar-refractivity contribution in [2.75, 3.05) is 31.1 Å². The largest absolute Gasteiger partial charge is 0.394 e. The summed E-state index contributed by atoms with van der Waals surface area (Å²) in [4.78, 5) is 47.9. The molecule has 0 aliphatic carbocycles. The van der Waals surface area contributed by atoms with Gasteiger partial charge < -0.3 is 24.5 Å². The number of ether oxygens (including phenoxy) is 1. The number of hydrogen-bond acceptors (Lipinski definition) is 5. The number of halogens is 1. The van der Waals surface area contributed by atoms with Gasteiger partial charge in [-0.05, 0) is 37.3 Å². The van der Waals surface area contributed by atoms with E-state index in [1.165, 1.54) is 4.90 Å². The third-order valence-electron chi connectivity index (χ3n) is 8.98. The minimum atomic E-state index is -1.17. The molecule has 7 atom stereocenters. The van der Waals surface area contributed by atoms with Gasteiger partial charge >= 0.3 is 0 Å². The monoisotopic (exact) mass is 571 g/mol. The number of carbonyl (C=O) groups is 3. The molecule has 2 bridgehead atoms. The van der Waals surface area contributed by atoms with Crippen LogP contribution in [0.1, 0.15) is 46.5 Å². The Morgan fingerprint density at radius 3 is 2.52 bits per heavy atom. The summed E-state index contributed by atoms with van der Waals surface area (Å²) in [5.41, 5.74) is -0.669. The number of benzene rings is 1. The van der Waals surface area contributed by atoms with Crippen LogP contribution in [0.5, 0.6) is 0 Å². The van der Waals surface area contributed by atoms with Crippen molar-refractivity contribution in [1.29, 1.82) is 0 Å². The Morgan fingerprint density at radius 2 is 1.93 bits per heavy atom. The molecular weight excluding hydrogens is 530 g/mol. The number of aliphatic hydroxyl groups excluding tert-OH is 1. The second-order valence-corrected chi connectivity index (χ2v) is 11.6. The molecular formula is C31H42ClN3O5. The molecule has 1 spiro atoms. The van der Waals surface area contributed by atoms with Crippen molar-refractivity contribution in [2.24, 2.45) is 17.8 Å². The molecule has 0 saturated carbocycles. The minimum Gasteiger partial charge on any atom is -0.394 e. The van der Waals surface area contributed by atoms with E-state index in [1.54, 1.807) is 46.2 Å². The van der Waals surface area contributed by atoms with Crippen molar-refractivity contribution in [1.82, 2.24) is 9.80 Å². The van der Waals surface area contributed by atoms with E-state index in [0.29, 0.717) is 43.1 Å². The summed E-state index contributed by atoms with van der Waals surface area (Å²) in [5.74, 6) is -2.39. The fourth-order valence-corrected chi connectivity index (χ4v) is 7.24.